The minimum atomic E-state index is -1.17. The van der Waals surface area contributed by atoms with Gasteiger partial charge in [0.15, 0.2) is 5.78 Å². The van der Waals surface area contributed by atoms with E-state index in [1.54, 1.807) is 21.0 Å². The Labute approximate surface area is 196 Å². The predicted molar refractivity (Wildman–Crippen MR) is 129 cm³/mol. The Morgan fingerprint density at radius 2 is 1.66 bits per heavy atom. The van der Waals surface area contributed by atoms with Crippen LogP contribution >= 0.6 is 0 Å². The van der Waals surface area contributed by atoms with Crippen LogP contribution in [-0.2, 0) is 19.1 Å². The summed E-state index contributed by atoms with van der Waals surface area (Å²) in [5.74, 6) is -0.282. The Morgan fingerprint density at radius 3 is 2.19 bits per heavy atom. The first kappa shape index (κ1) is 27.3. The zero-order valence-corrected chi connectivity index (χ0v) is 22.1. The Balaban J connectivity index is 2.27. The lowest BCUT2D eigenvalue weighted by molar-refractivity contribution is -0.163. The molecule has 2 rings (SSSR count). The molecule has 6 heteroatoms. The van der Waals surface area contributed by atoms with Crippen molar-refractivity contribution in [3.8, 4) is 0 Å². The second-order valence-corrected chi connectivity index (χ2v) is 11.3. The second kappa shape index (κ2) is 11.0. The molecule has 0 spiro atoms. The monoisotopic (exact) mass is 452 g/mol. The van der Waals surface area contributed by atoms with Crippen LogP contribution < -0.4 is 0 Å². The molecular weight excluding hydrogens is 404 g/mol. The minimum absolute atomic E-state index is 0.00529. The van der Waals surface area contributed by atoms with E-state index in [9.17, 15) is 9.59 Å². The van der Waals surface area contributed by atoms with Gasteiger partial charge in [-0.1, -0.05) is 13.8 Å². The van der Waals surface area contributed by atoms with Gasteiger partial charge in [-0.15, -0.1) is 0 Å². The lowest BCUT2D eigenvalue weighted by Gasteiger charge is -2.41. The maximum absolute atomic E-state index is 13.4. The zero-order valence-electron chi connectivity index (χ0n) is 22.1. The lowest BCUT2D eigenvalue weighted by Crippen LogP contribution is -2.49. The summed E-state index contributed by atoms with van der Waals surface area (Å²) in [6, 6.07) is 0.734. The number of ether oxygens (including phenoxy) is 2. The summed E-state index contributed by atoms with van der Waals surface area (Å²) in [6.07, 6.45) is 4.07. The molecule has 0 radical (unpaired) electrons. The van der Waals surface area contributed by atoms with Gasteiger partial charge >= 0.3 is 5.97 Å². The van der Waals surface area contributed by atoms with Gasteiger partial charge in [0.25, 0.3) is 0 Å². The van der Waals surface area contributed by atoms with Crippen LogP contribution in [0.5, 0.6) is 0 Å². The summed E-state index contributed by atoms with van der Waals surface area (Å²) in [6.45, 7) is 17.5. The van der Waals surface area contributed by atoms with E-state index in [-0.39, 0.29) is 23.7 Å². The zero-order chi connectivity index (χ0) is 24.3. The molecular formula is C26H48N2O4. The van der Waals surface area contributed by atoms with Crippen LogP contribution in [-0.4, -0.2) is 79.6 Å². The molecule has 1 unspecified atom stereocenters. The van der Waals surface area contributed by atoms with Crippen LogP contribution in [0, 0.1) is 23.2 Å². The number of piperidine rings is 1. The van der Waals surface area contributed by atoms with E-state index < -0.39 is 17.0 Å². The Kier molecular flexibility index (Phi) is 9.34. The van der Waals surface area contributed by atoms with Gasteiger partial charge in [0.1, 0.15) is 12.0 Å². The van der Waals surface area contributed by atoms with E-state index in [1.165, 1.54) is 0 Å². The van der Waals surface area contributed by atoms with E-state index in [2.05, 4.69) is 44.5 Å². The third-order valence-electron chi connectivity index (χ3n) is 8.70. The average molecular weight is 453 g/mol. The first-order valence-electron chi connectivity index (χ1n) is 12.6. The van der Waals surface area contributed by atoms with Crippen LogP contribution in [0.15, 0.2) is 0 Å². The molecule has 4 atom stereocenters. The third kappa shape index (κ3) is 5.92. The lowest BCUT2D eigenvalue weighted by atomic mass is 9.71. The van der Waals surface area contributed by atoms with Gasteiger partial charge in [0, 0.05) is 25.1 Å². The Morgan fingerprint density at radius 1 is 1.06 bits per heavy atom. The number of cyclic esters (lactones) is 1. The first-order valence-corrected chi connectivity index (χ1v) is 12.6. The fourth-order valence-corrected chi connectivity index (χ4v) is 5.57. The number of rotatable bonds is 3. The van der Waals surface area contributed by atoms with Gasteiger partial charge in [-0.2, -0.15) is 0 Å². The highest BCUT2D eigenvalue weighted by atomic mass is 16.5. The van der Waals surface area contributed by atoms with Crippen molar-refractivity contribution in [2.45, 2.75) is 91.8 Å². The molecule has 186 valence electrons. The van der Waals surface area contributed by atoms with Gasteiger partial charge in [0.2, 0.25) is 0 Å². The van der Waals surface area contributed by atoms with Gasteiger partial charge < -0.3 is 14.4 Å². The van der Waals surface area contributed by atoms with Crippen LogP contribution in [0.4, 0.5) is 0 Å². The molecule has 32 heavy (non-hydrogen) atoms. The topological polar surface area (TPSA) is 59.1 Å². The highest BCUT2D eigenvalue weighted by Crippen LogP contribution is 2.37. The molecule has 0 saturated carbocycles. The third-order valence-corrected chi connectivity index (χ3v) is 8.70. The molecule has 2 aliphatic heterocycles. The van der Waals surface area contributed by atoms with Crippen LogP contribution in [0.25, 0.3) is 0 Å². The van der Waals surface area contributed by atoms with E-state index in [4.69, 9.17) is 9.47 Å². The molecule has 0 aliphatic carbocycles. The minimum Gasteiger partial charge on any atom is -0.463 e. The van der Waals surface area contributed by atoms with Gasteiger partial charge in [-0.25, -0.2) is 0 Å². The van der Waals surface area contributed by atoms with E-state index >= 15 is 0 Å². The van der Waals surface area contributed by atoms with Crippen LogP contribution in [0.2, 0.25) is 0 Å². The maximum Gasteiger partial charge on any atom is 0.319 e. The Hall–Kier alpha value is -0.980. The molecule has 0 aromatic heterocycles. The standard InChI is InChI=1S/C26H48N2O4/c1-18(2)28-15-11-21(12-16-28)22-17-32-24(30)25(5,6)23(29)19(3)20(4)26(7,31-9)13-10-14-27(22)8/h18-22H,10-17H2,1-9H3/t19-,20-,22?,26-/m1/s1. The number of carbonyl (C=O) groups excluding carboxylic acids is 2. The van der Waals surface area contributed by atoms with Crippen molar-refractivity contribution in [3.63, 3.8) is 0 Å². The van der Waals surface area contributed by atoms with Gasteiger partial charge in [-0.3, -0.25) is 14.5 Å². The summed E-state index contributed by atoms with van der Waals surface area (Å²) < 4.78 is 11.8. The summed E-state index contributed by atoms with van der Waals surface area (Å²) in [5.41, 5.74) is -1.58. The fraction of sp³-hybridized carbons (Fsp3) is 0.923. The Bertz CT molecular complexity index is 642. The quantitative estimate of drug-likeness (QED) is 0.476. The number of esters is 1. The van der Waals surface area contributed by atoms with Crippen molar-refractivity contribution in [3.05, 3.63) is 0 Å². The first-order chi connectivity index (χ1) is 14.8. The van der Waals surface area contributed by atoms with Crippen LogP contribution in [0.3, 0.4) is 0 Å². The highest BCUT2D eigenvalue weighted by Gasteiger charge is 2.46. The molecule has 0 aromatic carbocycles. The molecule has 6 nitrogen and oxygen atoms in total. The summed E-state index contributed by atoms with van der Waals surface area (Å²) in [7, 11) is 3.89. The molecule has 2 saturated heterocycles. The molecule has 0 N–H and O–H groups in total. The average Bonchev–Trinajstić information content (AvgIpc) is 2.77. The number of ketones is 1. The molecule has 0 bridgehead atoms. The number of methoxy groups -OCH3 is 1. The number of Topliss-reactive ketones (excluding diaryl/α,β-unsaturated/α-hetero) is 1. The number of carbonyl (C=O) groups is 2. The molecule has 2 heterocycles. The summed E-state index contributed by atoms with van der Waals surface area (Å²) >= 11 is 0. The normalized spacial score (nSPS) is 35.1. The fourth-order valence-electron chi connectivity index (χ4n) is 5.57. The van der Waals surface area contributed by atoms with E-state index in [1.807, 2.05) is 6.92 Å². The highest BCUT2D eigenvalue weighted by molar-refractivity contribution is 6.04. The molecule has 2 fully saturated rings. The van der Waals surface area contributed by atoms with Crippen LogP contribution in [0.1, 0.15) is 74.1 Å². The predicted octanol–water partition coefficient (Wildman–Crippen LogP) is 4.02. The second-order valence-electron chi connectivity index (χ2n) is 11.3. The van der Waals surface area contributed by atoms with E-state index in [0.717, 1.165) is 45.3 Å². The summed E-state index contributed by atoms with van der Waals surface area (Å²) in [5, 5.41) is 0. The van der Waals surface area contributed by atoms with Crippen molar-refractivity contribution in [2.75, 3.05) is 40.4 Å². The smallest absolute Gasteiger partial charge is 0.319 e. The molecule has 0 amide bonds. The number of hydrogen-bond acceptors (Lipinski definition) is 6. The maximum atomic E-state index is 13.4. The number of likely N-dealkylation sites (N-methyl/N-ethyl adjacent to an activating group) is 1. The summed E-state index contributed by atoms with van der Waals surface area (Å²) in [4.78, 5) is 31.4. The van der Waals surface area contributed by atoms with Crippen molar-refractivity contribution in [1.82, 2.24) is 9.80 Å². The van der Waals surface area contributed by atoms with Gasteiger partial charge in [0.05, 0.1) is 5.60 Å². The van der Waals surface area contributed by atoms with Crippen molar-refractivity contribution in [1.29, 1.82) is 0 Å². The largest absolute Gasteiger partial charge is 0.463 e. The number of hydrogen-bond donors (Lipinski definition) is 0. The number of nitrogens with zero attached hydrogens (tertiary/aromatic N) is 2. The number of likely N-dealkylation sites (tertiary alicyclic amines) is 1. The van der Waals surface area contributed by atoms with Crippen molar-refractivity contribution in [2.24, 2.45) is 23.2 Å². The molecule has 0 aromatic rings. The van der Waals surface area contributed by atoms with Crippen molar-refractivity contribution >= 4 is 11.8 Å². The SMILES string of the molecule is CO[C@]1(C)CCCN(C)C(C2CCN(C(C)C)CC2)COC(=O)C(C)(C)C(=O)[C@H](C)[C@H]1C. The van der Waals surface area contributed by atoms with E-state index in [0.29, 0.717) is 18.6 Å². The van der Waals surface area contributed by atoms with Crippen molar-refractivity contribution < 1.29 is 19.1 Å². The van der Waals surface area contributed by atoms with Gasteiger partial charge in [-0.05, 0) is 98.8 Å². The molecule has 2 aliphatic rings.